The molecule has 1 heterocycles. The van der Waals surface area contributed by atoms with Gasteiger partial charge in [0.05, 0.1) is 0 Å². The smallest absolute Gasteiger partial charge is 0.00965 e. The first-order chi connectivity index (χ1) is 8.51. The number of rotatable bonds is 6. The minimum Gasteiger partial charge on any atom is -0.312 e. The molecule has 2 nitrogen and oxygen atoms in total. The molecule has 1 aliphatic heterocycles. The summed E-state index contributed by atoms with van der Waals surface area (Å²) < 4.78 is 0. The summed E-state index contributed by atoms with van der Waals surface area (Å²) in [7, 11) is 0. The van der Waals surface area contributed by atoms with E-state index in [4.69, 9.17) is 0 Å². The maximum atomic E-state index is 3.58. The third kappa shape index (κ3) is 7.38. The van der Waals surface area contributed by atoms with Crippen LogP contribution >= 0.6 is 0 Å². The maximum Gasteiger partial charge on any atom is 0.00965 e. The zero-order chi connectivity index (χ0) is 13.4. The van der Waals surface area contributed by atoms with Gasteiger partial charge in [0.15, 0.2) is 0 Å². The lowest BCUT2D eigenvalue weighted by atomic mass is 9.96. The quantitative estimate of drug-likeness (QED) is 0.728. The van der Waals surface area contributed by atoms with Crippen molar-refractivity contribution in [3.63, 3.8) is 0 Å². The molecule has 1 aliphatic rings. The molecule has 1 atom stereocenters. The van der Waals surface area contributed by atoms with Crippen LogP contribution in [0.15, 0.2) is 0 Å². The van der Waals surface area contributed by atoms with Crippen molar-refractivity contribution >= 4 is 0 Å². The van der Waals surface area contributed by atoms with E-state index in [0.29, 0.717) is 0 Å². The molecule has 1 saturated heterocycles. The summed E-state index contributed by atoms with van der Waals surface area (Å²) >= 11 is 0. The van der Waals surface area contributed by atoms with Gasteiger partial charge in [0.25, 0.3) is 0 Å². The summed E-state index contributed by atoms with van der Waals surface area (Å²) in [5.41, 5.74) is 0.269. The first kappa shape index (κ1) is 16.0. The average molecular weight is 254 g/mol. The zero-order valence-corrected chi connectivity index (χ0v) is 13.1. The Labute approximate surface area is 115 Å². The summed E-state index contributed by atoms with van der Waals surface area (Å²) in [4.78, 5) is 2.68. The number of likely N-dealkylation sites (tertiary alicyclic amines) is 1. The molecule has 0 bridgehead atoms. The second-order valence-corrected chi connectivity index (χ2v) is 6.96. The summed E-state index contributed by atoms with van der Waals surface area (Å²) in [6, 6.07) is 0. The van der Waals surface area contributed by atoms with E-state index in [-0.39, 0.29) is 5.54 Å². The zero-order valence-electron chi connectivity index (χ0n) is 13.1. The van der Waals surface area contributed by atoms with Crippen molar-refractivity contribution in [2.75, 3.05) is 26.2 Å². The Morgan fingerprint density at radius 1 is 1.17 bits per heavy atom. The molecule has 0 aromatic rings. The van der Waals surface area contributed by atoms with Crippen molar-refractivity contribution < 1.29 is 0 Å². The third-order valence-corrected chi connectivity index (χ3v) is 3.94. The molecule has 0 aromatic carbocycles. The van der Waals surface area contributed by atoms with Gasteiger partial charge in [-0.15, -0.1) is 0 Å². The van der Waals surface area contributed by atoms with E-state index in [2.05, 4.69) is 37.9 Å². The predicted molar refractivity (Wildman–Crippen MR) is 81.1 cm³/mol. The van der Waals surface area contributed by atoms with Gasteiger partial charge in [-0.3, -0.25) is 0 Å². The highest BCUT2D eigenvalue weighted by Gasteiger charge is 2.16. The molecule has 0 saturated carbocycles. The van der Waals surface area contributed by atoms with Gasteiger partial charge in [-0.25, -0.2) is 0 Å². The summed E-state index contributed by atoms with van der Waals surface area (Å²) in [6.45, 7) is 14.1. The predicted octanol–water partition coefficient (Wildman–Crippen LogP) is 3.67. The van der Waals surface area contributed by atoms with Crippen LogP contribution in [0.2, 0.25) is 0 Å². The number of hydrogen-bond acceptors (Lipinski definition) is 2. The van der Waals surface area contributed by atoms with Crippen LogP contribution in [0, 0.1) is 5.92 Å². The number of nitrogens with one attached hydrogen (secondary N) is 1. The fourth-order valence-electron chi connectivity index (χ4n) is 2.91. The van der Waals surface area contributed by atoms with E-state index in [1.165, 1.54) is 58.2 Å². The second kappa shape index (κ2) is 8.16. The van der Waals surface area contributed by atoms with Crippen LogP contribution in [0.3, 0.4) is 0 Å². The molecule has 0 aromatic heterocycles. The highest BCUT2D eigenvalue weighted by atomic mass is 15.1. The largest absolute Gasteiger partial charge is 0.312 e. The molecule has 108 valence electrons. The van der Waals surface area contributed by atoms with Crippen LogP contribution in [0.4, 0.5) is 0 Å². The van der Waals surface area contributed by atoms with E-state index in [1.807, 2.05) is 0 Å². The second-order valence-electron chi connectivity index (χ2n) is 6.96. The van der Waals surface area contributed by atoms with Gasteiger partial charge in [0, 0.05) is 5.54 Å². The Bertz CT molecular complexity index is 208. The Balaban J connectivity index is 2.12. The highest BCUT2D eigenvalue weighted by Crippen LogP contribution is 2.21. The van der Waals surface area contributed by atoms with E-state index < -0.39 is 0 Å². The monoisotopic (exact) mass is 254 g/mol. The molecular weight excluding hydrogens is 220 g/mol. The highest BCUT2D eigenvalue weighted by molar-refractivity contribution is 4.72. The molecule has 18 heavy (non-hydrogen) atoms. The Morgan fingerprint density at radius 3 is 2.61 bits per heavy atom. The molecular formula is C16H34N2. The van der Waals surface area contributed by atoms with Gasteiger partial charge in [0.1, 0.15) is 0 Å². The van der Waals surface area contributed by atoms with Gasteiger partial charge < -0.3 is 10.2 Å². The van der Waals surface area contributed by atoms with Crippen molar-refractivity contribution in [3.05, 3.63) is 0 Å². The van der Waals surface area contributed by atoms with Crippen molar-refractivity contribution in [2.45, 2.75) is 71.8 Å². The van der Waals surface area contributed by atoms with E-state index in [9.17, 15) is 0 Å². The molecule has 0 amide bonds. The molecule has 1 rings (SSSR count). The van der Waals surface area contributed by atoms with Crippen LogP contribution in [-0.4, -0.2) is 36.6 Å². The SMILES string of the molecule is CCCC1CCCN(CCCNC(C)(C)C)CC1. The van der Waals surface area contributed by atoms with Gasteiger partial charge in [-0.2, -0.15) is 0 Å². The summed E-state index contributed by atoms with van der Waals surface area (Å²) in [5.74, 6) is 1.01. The minimum absolute atomic E-state index is 0.269. The molecule has 0 spiro atoms. The lowest BCUT2D eigenvalue weighted by Crippen LogP contribution is -2.38. The van der Waals surface area contributed by atoms with Crippen LogP contribution in [0.1, 0.15) is 66.2 Å². The van der Waals surface area contributed by atoms with Gasteiger partial charge in [0.2, 0.25) is 0 Å². The van der Waals surface area contributed by atoms with Crippen molar-refractivity contribution in [2.24, 2.45) is 5.92 Å². The topological polar surface area (TPSA) is 15.3 Å². The number of hydrogen-bond donors (Lipinski definition) is 1. The molecule has 1 N–H and O–H groups in total. The molecule has 2 heteroatoms. The first-order valence-electron chi connectivity index (χ1n) is 7.98. The third-order valence-electron chi connectivity index (χ3n) is 3.94. The van der Waals surface area contributed by atoms with Crippen LogP contribution < -0.4 is 5.32 Å². The Kier molecular flexibility index (Phi) is 7.25. The van der Waals surface area contributed by atoms with E-state index >= 15 is 0 Å². The first-order valence-corrected chi connectivity index (χ1v) is 7.98. The van der Waals surface area contributed by atoms with Crippen molar-refractivity contribution in [1.29, 1.82) is 0 Å². The maximum absolute atomic E-state index is 3.58. The average Bonchev–Trinajstić information content (AvgIpc) is 2.50. The Morgan fingerprint density at radius 2 is 1.94 bits per heavy atom. The molecule has 0 aliphatic carbocycles. The van der Waals surface area contributed by atoms with Crippen LogP contribution in [0.5, 0.6) is 0 Å². The van der Waals surface area contributed by atoms with Gasteiger partial charge >= 0.3 is 0 Å². The lowest BCUT2D eigenvalue weighted by Gasteiger charge is -2.23. The fraction of sp³-hybridized carbons (Fsp3) is 1.00. The van der Waals surface area contributed by atoms with Gasteiger partial charge in [-0.05, 0) is 78.6 Å². The minimum atomic E-state index is 0.269. The number of nitrogens with zero attached hydrogens (tertiary/aromatic N) is 1. The summed E-state index contributed by atoms with van der Waals surface area (Å²) in [6.07, 6.45) is 8.40. The molecule has 1 unspecified atom stereocenters. The lowest BCUT2D eigenvalue weighted by molar-refractivity contribution is 0.269. The fourth-order valence-corrected chi connectivity index (χ4v) is 2.91. The van der Waals surface area contributed by atoms with E-state index in [1.54, 1.807) is 0 Å². The molecule has 1 fully saturated rings. The van der Waals surface area contributed by atoms with Crippen LogP contribution in [0.25, 0.3) is 0 Å². The van der Waals surface area contributed by atoms with E-state index in [0.717, 1.165) is 12.5 Å². The standard InChI is InChI=1S/C16H34N2/c1-5-8-15-9-6-12-18(14-10-15)13-7-11-17-16(2,3)4/h15,17H,5-14H2,1-4H3. The Hall–Kier alpha value is -0.0800. The van der Waals surface area contributed by atoms with Crippen LogP contribution in [-0.2, 0) is 0 Å². The van der Waals surface area contributed by atoms with Gasteiger partial charge in [-0.1, -0.05) is 19.8 Å². The normalized spacial score (nSPS) is 23.0. The molecule has 0 radical (unpaired) electrons. The van der Waals surface area contributed by atoms with Crippen molar-refractivity contribution in [1.82, 2.24) is 10.2 Å². The van der Waals surface area contributed by atoms with Crippen molar-refractivity contribution in [3.8, 4) is 0 Å². The summed E-state index contributed by atoms with van der Waals surface area (Å²) in [5, 5.41) is 3.58.